The Balaban J connectivity index is 1.72. The van der Waals surface area contributed by atoms with E-state index in [1.165, 1.54) is 5.56 Å². The number of benzene rings is 1. The van der Waals surface area contributed by atoms with Crippen molar-refractivity contribution in [3.8, 4) is 0 Å². The lowest BCUT2D eigenvalue weighted by molar-refractivity contribution is -0.193. The molecule has 104 valence electrons. The molecule has 1 spiro atoms. The second-order valence-electron chi connectivity index (χ2n) is 5.52. The van der Waals surface area contributed by atoms with E-state index in [0.717, 1.165) is 44.8 Å². The standard InChI is InChI=1S/C15H22N2O2/c1-12(13-3-5-14(16)6-4-13)17-8-2-7-15(11-17)18-9-10-19-15/h3-6,12H,2,7-11,16H2,1H3. The maximum atomic E-state index is 5.83. The highest BCUT2D eigenvalue weighted by molar-refractivity contribution is 5.40. The summed E-state index contributed by atoms with van der Waals surface area (Å²) in [5, 5.41) is 0. The fourth-order valence-electron chi connectivity index (χ4n) is 3.07. The van der Waals surface area contributed by atoms with Crippen LogP contribution in [0.3, 0.4) is 0 Å². The molecule has 2 fully saturated rings. The van der Waals surface area contributed by atoms with E-state index in [2.05, 4.69) is 24.0 Å². The van der Waals surface area contributed by atoms with Gasteiger partial charge < -0.3 is 15.2 Å². The molecule has 1 aromatic rings. The van der Waals surface area contributed by atoms with Crippen molar-refractivity contribution in [3.05, 3.63) is 29.8 Å². The van der Waals surface area contributed by atoms with E-state index in [1.807, 2.05) is 12.1 Å². The normalized spacial score (nSPS) is 24.7. The van der Waals surface area contributed by atoms with E-state index >= 15 is 0 Å². The van der Waals surface area contributed by atoms with Gasteiger partial charge in [-0.3, -0.25) is 4.90 Å². The summed E-state index contributed by atoms with van der Waals surface area (Å²) < 4.78 is 11.7. The molecule has 2 aliphatic heterocycles. The first kappa shape index (κ1) is 12.9. The Kier molecular flexibility index (Phi) is 3.48. The van der Waals surface area contributed by atoms with Crippen LogP contribution in [0.5, 0.6) is 0 Å². The summed E-state index contributed by atoms with van der Waals surface area (Å²) in [4.78, 5) is 2.44. The zero-order valence-corrected chi connectivity index (χ0v) is 11.5. The van der Waals surface area contributed by atoms with E-state index in [4.69, 9.17) is 15.2 Å². The van der Waals surface area contributed by atoms with Gasteiger partial charge in [-0.15, -0.1) is 0 Å². The number of nitrogens with two attached hydrogens (primary N) is 1. The quantitative estimate of drug-likeness (QED) is 0.830. The lowest BCUT2D eigenvalue weighted by Crippen LogP contribution is -2.49. The minimum absolute atomic E-state index is 0.347. The van der Waals surface area contributed by atoms with Crippen molar-refractivity contribution in [2.75, 3.05) is 32.0 Å². The summed E-state index contributed by atoms with van der Waals surface area (Å²) in [6, 6.07) is 8.52. The van der Waals surface area contributed by atoms with Crippen LogP contribution in [0.15, 0.2) is 24.3 Å². The van der Waals surface area contributed by atoms with Crippen LogP contribution in [0.25, 0.3) is 0 Å². The highest BCUT2D eigenvalue weighted by Crippen LogP contribution is 2.34. The molecule has 19 heavy (non-hydrogen) atoms. The van der Waals surface area contributed by atoms with Crippen LogP contribution in [0.2, 0.25) is 0 Å². The molecule has 2 aliphatic rings. The zero-order chi connectivity index (χ0) is 13.3. The van der Waals surface area contributed by atoms with E-state index < -0.39 is 0 Å². The van der Waals surface area contributed by atoms with Crippen molar-refractivity contribution in [1.82, 2.24) is 4.90 Å². The Bertz CT molecular complexity index is 426. The molecule has 2 heterocycles. The Hall–Kier alpha value is -1.10. The smallest absolute Gasteiger partial charge is 0.181 e. The van der Waals surface area contributed by atoms with Gasteiger partial charge in [-0.05, 0) is 37.6 Å². The van der Waals surface area contributed by atoms with Crippen molar-refractivity contribution < 1.29 is 9.47 Å². The van der Waals surface area contributed by atoms with Crippen LogP contribution < -0.4 is 5.73 Å². The number of nitrogen functional groups attached to an aromatic ring is 1. The summed E-state index contributed by atoms with van der Waals surface area (Å²) in [6.07, 6.45) is 2.14. The van der Waals surface area contributed by atoms with E-state index in [0.29, 0.717) is 6.04 Å². The monoisotopic (exact) mass is 262 g/mol. The van der Waals surface area contributed by atoms with Crippen molar-refractivity contribution in [2.45, 2.75) is 31.6 Å². The van der Waals surface area contributed by atoms with Crippen molar-refractivity contribution in [3.63, 3.8) is 0 Å². The third-order valence-corrected chi connectivity index (χ3v) is 4.23. The molecule has 0 amide bonds. The number of hydrogen-bond acceptors (Lipinski definition) is 4. The highest BCUT2D eigenvalue weighted by Gasteiger charge is 2.41. The van der Waals surface area contributed by atoms with Crippen LogP contribution >= 0.6 is 0 Å². The van der Waals surface area contributed by atoms with Crippen molar-refractivity contribution >= 4 is 5.69 Å². The highest BCUT2D eigenvalue weighted by atomic mass is 16.7. The van der Waals surface area contributed by atoms with Crippen LogP contribution in [-0.4, -0.2) is 37.0 Å². The minimum atomic E-state index is -0.347. The molecule has 1 unspecified atom stereocenters. The van der Waals surface area contributed by atoms with Gasteiger partial charge in [0.2, 0.25) is 0 Å². The number of nitrogens with zero attached hydrogens (tertiary/aromatic N) is 1. The summed E-state index contributed by atoms with van der Waals surface area (Å²) in [6.45, 7) is 5.65. The van der Waals surface area contributed by atoms with Gasteiger partial charge >= 0.3 is 0 Å². The minimum Gasteiger partial charge on any atom is -0.399 e. The lowest BCUT2D eigenvalue weighted by Gasteiger charge is -2.41. The van der Waals surface area contributed by atoms with Crippen LogP contribution in [-0.2, 0) is 9.47 Å². The molecule has 0 radical (unpaired) electrons. The Morgan fingerprint density at radius 1 is 1.21 bits per heavy atom. The Morgan fingerprint density at radius 2 is 1.89 bits per heavy atom. The van der Waals surface area contributed by atoms with Crippen LogP contribution in [0.1, 0.15) is 31.4 Å². The zero-order valence-electron chi connectivity index (χ0n) is 11.5. The molecule has 1 atom stereocenters. The Labute approximate surface area is 114 Å². The van der Waals surface area contributed by atoms with Crippen molar-refractivity contribution in [1.29, 1.82) is 0 Å². The number of rotatable bonds is 2. The van der Waals surface area contributed by atoms with Crippen molar-refractivity contribution in [2.24, 2.45) is 0 Å². The first-order valence-electron chi connectivity index (χ1n) is 7.06. The predicted molar refractivity (Wildman–Crippen MR) is 74.7 cm³/mol. The van der Waals surface area contributed by atoms with E-state index in [-0.39, 0.29) is 5.79 Å². The van der Waals surface area contributed by atoms with Gasteiger partial charge in [0.15, 0.2) is 5.79 Å². The molecule has 0 aliphatic carbocycles. The van der Waals surface area contributed by atoms with Gasteiger partial charge in [-0.25, -0.2) is 0 Å². The number of piperidine rings is 1. The molecule has 1 aromatic carbocycles. The summed E-state index contributed by atoms with van der Waals surface area (Å²) in [5.74, 6) is -0.347. The summed E-state index contributed by atoms with van der Waals surface area (Å²) in [7, 11) is 0. The van der Waals surface area contributed by atoms with Gasteiger partial charge in [0.1, 0.15) is 0 Å². The summed E-state index contributed by atoms with van der Waals surface area (Å²) >= 11 is 0. The molecule has 2 saturated heterocycles. The molecule has 0 aromatic heterocycles. The predicted octanol–water partition coefficient (Wildman–Crippen LogP) is 2.17. The number of likely N-dealkylation sites (tertiary alicyclic amines) is 1. The van der Waals surface area contributed by atoms with Crippen LogP contribution in [0, 0.1) is 0 Å². The molecule has 0 saturated carbocycles. The second kappa shape index (κ2) is 5.12. The van der Waals surface area contributed by atoms with Gasteiger partial charge in [-0.1, -0.05) is 12.1 Å². The van der Waals surface area contributed by atoms with Gasteiger partial charge in [0, 0.05) is 18.2 Å². The van der Waals surface area contributed by atoms with Gasteiger partial charge in [0.05, 0.1) is 19.8 Å². The number of anilines is 1. The lowest BCUT2D eigenvalue weighted by atomic mass is 9.99. The first-order chi connectivity index (χ1) is 9.19. The first-order valence-corrected chi connectivity index (χ1v) is 7.06. The molecule has 2 N–H and O–H groups in total. The maximum absolute atomic E-state index is 5.83. The largest absolute Gasteiger partial charge is 0.399 e. The average Bonchev–Trinajstić information content (AvgIpc) is 2.87. The molecular formula is C15H22N2O2. The average molecular weight is 262 g/mol. The molecule has 4 heteroatoms. The Morgan fingerprint density at radius 3 is 2.58 bits per heavy atom. The molecular weight excluding hydrogens is 240 g/mol. The summed E-state index contributed by atoms with van der Waals surface area (Å²) in [5.41, 5.74) is 7.86. The van der Waals surface area contributed by atoms with E-state index in [9.17, 15) is 0 Å². The number of ether oxygens (including phenoxy) is 2. The maximum Gasteiger partial charge on any atom is 0.181 e. The third kappa shape index (κ3) is 2.61. The molecule has 4 nitrogen and oxygen atoms in total. The topological polar surface area (TPSA) is 47.7 Å². The van der Waals surface area contributed by atoms with Crippen LogP contribution in [0.4, 0.5) is 5.69 Å². The fourth-order valence-corrected chi connectivity index (χ4v) is 3.07. The fraction of sp³-hybridized carbons (Fsp3) is 0.600. The SMILES string of the molecule is CC(c1ccc(N)cc1)N1CCCC2(C1)OCCO2. The van der Waals surface area contributed by atoms with Gasteiger partial charge in [-0.2, -0.15) is 0 Å². The van der Waals surface area contributed by atoms with Gasteiger partial charge in [0.25, 0.3) is 0 Å². The number of hydrogen-bond donors (Lipinski definition) is 1. The molecule has 3 rings (SSSR count). The van der Waals surface area contributed by atoms with E-state index in [1.54, 1.807) is 0 Å². The second-order valence-corrected chi connectivity index (χ2v) is 5.52. The third-order valence-electron chi connectivity index (χ3n) is 4.23. The molecule has 0 bridgehead atoms.